The van der Waals surface area contributed by atoms with Crippen LogP contribution >= 0.6 is 0 Å². The molecule has 1 N–H and O–H groups in total. The lowest BCUT2D eigenvalue weighted by Crippen LogP contribution is -2.56. The lowest BCUT2D eigenvalue weighted by atomic mass is 9.73. The van der Waals surface area contributed by atoms with Crippen molar-refractivity contribution in [3.8, 4) is 0 Å². The first kappa shape index (κ1) is 31.5. The third-order valence-corrected chi connectivity index (χ3v) is 11.2. The minimum absolute atomic E-state index is 0.0275. The predicted octanol–water partition coefficient (Wildman–Crippen LogP) is 7.84. The second kappa shape index (κ2) is 11.2. The van der Waals surface area contributed by atoms with Crippen molar-refractivity contribution in [2.75, 3.05) is 0 Å². The molecular weight excluding hydrogens is 601 g/mol. The second-order valence-electron chi connectivity index (χ2n) is 11.2. The molecule has 2 atom stereocenters. The van der Waals surface area contributed by atoms with E-state index in [1.54, 1.807) is 6.07 Å². The van der Waals surface area contributed by atoms with Crippen molar-refractivity contribution in [1.82, 2.24) is 0 Å². The van der Waals surface area contributed by atoms with Gasteiger partial charge in [-0.2, -0.15) is 26.3 Å². The van der Waals surface area contributed by atoms with Gasteiger partial charge in [-0.25, -0.2) is 12.8 Å². The zero-order chi connectivity index (χ0) is 31.3. The minimum Gasteiger partial charge on any atom is -0.393 e. The van der Waals surface area contributed by atoms with E-state index in [4.69, 9.17) is 4.74 Å². The van der Waals surface area contributed by atoms with Crippen LogP contribution in [0.15, 0.2) is 77.7 Å². The number of alkyl halides is 6. The molecule has 4 nitrogen and oxygen atoms in total. The standard InChI is InChI=1S/C31H29F7O4S/c32-23-10-12-25(13-11-23)43(40,41)28(16-15-24(39)18-28)22-9-14-27(26(17-22)21-7-4-8-21)29(30(33,34)35,31(36,37)38)42-19-20-5-2-1-3-6-20/h1-3,5-6,9-14,17,21,24,39H,4,7-8,15-16,18-19H2. The van der Waals surface area contributed by atoms with E-state index in [2.05, 4.69) is 0 Å². The fourth-order valence-electron chi connectivity index (χ4n) is 6.18. The van der Waals surface area contributed by atoms with Crippen LogP contribution in [0.4, 0.5) is 30.7 Å². The van der Waals surface area contributed by atoms with Crippen molar-refractivity contribution in [3.05, 3.63) is 101 Å². The molecule has 3 aromatic carbocycles. The van der Waals surface area contributed by atoms with Crippen molar-refractivity contribution < 1.29 is 49.0 Å². The molecule has 0 amide bonds. The highest BCUT2D eigenvalue weighted by atomic mass is 32.2. The van der Waals surface area contributed by atoms with Crippen LogP contribution in [0, 0.1) is 5.82 Å². The van der Waals surface area contributed by atoms with E-state index in [-0.39, 0.29) is 40.8 Å². The zero-order valence-corrected chi connectivity index (χ0v) is 23.6. The molecule has 5 rings (SSSR count). The predicted molar refractivity (Wildman–Crippen MR) is 143 cm³/mol. The third kappa shape index (κ3) is 5.35. The Labute approximate surface area is 244 Å². The van der Waals surface area contributed by atoms with E-state index >= 15 is 0 Å². The van der Waals surface area contributed by atoms with Crippen molar-refractivity contribution in [2.24, 2.45) is 0 Å². The topological polar surface area (TPSA) is 63.6 Å². The highest BCUT2D eigenvalue weighted by molar-refractivity contribution is 7.92. The van der Waals surface area contributed by atoms with Crippen LogP contribution in [0.2, 0.25) is 0 Å². The Kier molecular flexibility index (Phi) is 8.19. The Morgan fingerprint density at radius 3 is 2.00 bits per heavy atom. The molecule has 2 fully saturated rings. The first-order chi connectivity index (χ1) is 20.1. The molecule has 0 saturated heterocycles. The van der Waals surface area contributed by atoms with Crippen molar-refractivity contribution in [2.45, 2.75) is 84.7 Å². The summed E-state index contributed by atoms with van der Waals surface area (Å²) in [6.45, 7) is -0.985. The first-order valence-corrected chi connectivity index (χ1v) is 15.3. The smallest absolute Gasteiger partial charge is 0.393 e. The molecule has 0 radical (unpaired) electrons. The number of aliphatic hydroxyl groups excluding tert-OH is 1. The van der Waals surface area contributed by atoms with Crippen LogP contribution in [0.25, 0.3) is 0 Å². The summed E-state index contributed by atoms with van der Waals surface area (Å²) in [5.74, 6) is -1.39. The molecule has 43 heavy (non-hydrogen) atoms. The van der Waals surface area contributed by atoms with Crippen molar-refractivity contribution in [1.29, 1.82) is 0 Å². The van der Waals surface area contributed by atoms with E-state index < -0.39 is 62.5 Å². The maximum absolute atomic E-state index is 14.8. The lowest BCUT2D eigenvalue weighted by molar-refractivity contribution is -0.393. The molecule has 2 saturated carbocycles. The number of rotatable bonds is 8. The molecular formula is C31H29F7O4S. The molecule has 3 aromatic rings. The first-order valence-electron chi connectivity index (χ1n) is 13.8. The zero-order valence-electron chi connectivity index (χ0n) is 22.8. The number of ether oxygens (including phenoxy) is 1. The Bertz CT molecular complexity index is 1540. The highest BCUT2D eigenvalue weighted by Gasteiger charge is 2.74. The molecule has 12 heteroatoms. The highest BCUT2D eigenvalue weighted by Crippen LogP contribution is 2.57. The SMILES string of the molecule is O=S(=O)(c1ccc(F)cc1)C1(c2ccc(C(OCc3ccccc3)(C(F)(F)F)C(F)(F)F)c(C3CCC3)c2)CCC(O)C1. The molecule has 0 spiro atoms. The Hall–Kier alpha value is -2.96. The van der Waals surface area contributed by atoms with Crippen molar-refractivity contribution in [3.63, 3.8) is 0 Å². The van der Waals surface area contributed by atoms with Gasteiger partial charge in [-0.15, -0.1) is 0 Å². The largest absolute Gasteiger partial charge is 0.430 e. The number of halogens is 7. The number of hydrogen-bond donors (Lipinski definition) is 1. The number of hydrogen-bond acceptors (Lipinski definition) is 4. The van der Waals surface area contributed by atoms with E-state index in [9.17, 15) is 44.3 Å². The maximum Gasteiger partial charge on any atom is 0.430 e. The van der Waals surface area contributed by atoms with Gasteiger partial charge in [0.15, 0.2) is 9.84 Å². The minimum atomic E-state index is -5.93. The van der Waals surface area contributed by atoms with Gasteiger partial charge < -0.3 is 9.84 Å². The molecule has 232 valence electrons. The van der Waals surface area contributed by atoms with Crippen LogP contribution in [0.1, 0.15) is 66.7 Å². The van der Waals surface area contributed by atoms with E-state index in [0.29, 0.717) is 25.3 Å². The fourth-order valence-corrected chi connectivity index (χ4v) is 8.36. The van der Waals surface area contributed by atoms with Gasteiger partial charge in [0.2, 0.25) is 0 Å². The summed E-state index contributed by atoms with van der Waals surface area (Å²) in [5.41, 5.74) is -6.05. The average molecular weight is 631 g/mol. The monoisotopic (exact) mass is 630 g/mol. The average Bonchev–Trinajstić information content (AvgIpc) is 3.31. The van der Waals surface area contributed by atoms with E-state index in [1.807, 2.05) is 0 Å². The number of sulfone groups is 1. The summed E-state index contributed by atoms with van der Waals surface area (Å²) < 4.78 is 133. The van der Waals surface area contributed by atoms with Gasteiger partial charge in [0.1, 0.15) is 10.6 Å². The van der Waals surface area contributed by atoms with E-state index in [0.717, 1.165) is 36.4 Å². The third-order valence-electron chi connectivity index (χ3n) is 8.68. The maximum atomic E-state index is 14.8. The summed E-state index contributed by atoms with van der Waals surface area (Å²) in [7, 11) is -4.39. The van der Waals surface area contributed by atoms with Crippen LogP contribution in [-0.2, 0) is 31.5 Å². The summed E-state index contributed by atoms with van der Waals surface area (Å²) in [6.07, 6.45) is -12.2. The lowest BCUT2D eigenvalue weighted by Gasteiger charge is -2.41. The number of benzene rings is 3. The van der Waals surface area contributed by atoms with Gasteiger partial charge in [0.25, 0.3) is 5.60 Å². The Morgan fingerprint density at radius 2 is 1.49 bits per heavy atom. The summed E-state index contributed by atoms with van der Waals surface area (Å²) in [5, 5.41) is 10.4. The Morgan fingerprint density at radius 1 is 0.860 bits per heavy atom. The summed E-state index contributed by atoms with van der Waals surface area (Å²) in [6, 6.07) is 14.0. The van der Waals surface area contributed by atoms with Crippen LogP contribution in [-0.4, -0.2) is 32.0 Å². The van der Waals surface area contributed by atoms with Crippen molar-refractivity contribution >= 4 is 9.84 Å². The molecule has 0 heterocycles. The summed E-state index contributed by atoms with van der Waals surface area (Å²) >= 11 is 0. The molecule has 0 aromatic heterocycles. The van der Waals surface area contributed by atoms with Crippen LogP contribution in [0.3, 0.4) is 0 Å². The van der Waals surface area contributed by atoms with Gasteiger partial charge in [-0.05, 0) is 79.0 Å². The van der Waals surface area contributed by atoms with Gasteiger partial charge in [-0.1, -0.05) is 55.0 Å². The Balaban J connectivity index is 1.71. The molecule has 2 unspecified atom stereocenters. The van der Waals surface area contributed by atoms with Crippen LogP contribution in [0.5, 0.6) is 0 Å². The van der Waals surface area contributed by atoms with Gasteiger partial charge in [-0.3, -0.25) is 0 Å². The molecule has 2 aliphatic rings. The van der Waals surface area contributed by atoms with Crippen LogP contribution < -0.4 is 0 Å². The quantitative estimate of drug-likeness (QED) is 0.204. The normalized spacial score (nSPS) is 22.0. The van der Waals surface area contributed by atoms with E-state index in [1.165, 1.54) is 24.3 Å². The fraction of sp³-hybridized carbons (Fsp3) is 0.419. The summed E-state index contributed by atoms with van der Waals surface area (Å²) in [4.78, 5) is -0.275. The van der Waals surface area contributed by atoms with Gasteiger partial charge >= 0.3 is 12.4 Å². The van der Waals surface area contributed by atoms with Gasteiger partial charge in [0.05, 0.1) is 17.6 Å². The molecule has 0 bridgehead atoms. The number of aliphatic hydroxyl groups is 1. The molecule has 2 aliphatic carbocycles. The second-order valence-corrected chi connectivity index (χ2v) is 13.5. The molecule has 0 aliphatic heterocycles. The van der Waals surface area contributed by atoms with Gasteiger partial charge in [0, 0.05) is 5.56 Å².